The molecule has 0 atom stereocenters. The van der Waals surface area contributed by atoms with E-state index in [1.54, 1.807) is 4.68 Å². The first kappa shape index (κ1) is 13.3. The van der Waals surface area contributed by atoms with E-state index in [1.165, 1.54) is 0 Å². The van der Waals surface area contributed by atoms with E-state index in [-0.39, 0.29) is 22.3 Å². The van der Waals surface area contributed by atoms with Crippen molar-refractivity contribution in [2.24, 2.45) is 0 Å². The number of nitro groups is 1. The van der Waals surface area contributed by atoms with Gasteiger partial charge in [0, 0.05) is 5.41 Å². The van der Waals surface area contributed by atoms with Crippen LogP contribution in [0.2, 0.25) is 5.15 Å². The van der Waals surface area contributed by atoms with E-state index in [4.69, 9.17) is 11.6 Å². The second-order valence-electron chi connectivity index (χ2n) is 5.88. The molecule has 0 amide bonds. The molecule has 0 aliphatic heterocycles. The van der Waals surface area contributed by atoms with Gasteiger partial charge in [-0.3, -0.25) is 10.1 Å². The molecule has 100 valence electrons. The molecule has 0 radical (unpaired) electrons. The molecule has 1 heterocycles. The molecule has 1 fully saturated rings. The normalized spacial score (nSPS) is 17.3. The van der Waals surface area contributed by atoms with Gasteiger partial charge in [0.15, 0.2) is 0 Å². The van der Waals surface area contributed by atoms with Gasteiger partial charge in [0.25, 0.3) is 0 Å². The van der Waals surface area contributed by atoms with E-state index in [1.807, 2.05) is 20.8 Å². The van der Waals surface area contributed by atoms with Crippen molar-refractivity contribution in [3.63, 3.8) is 0 Å². The Balaban J connectivity index is 2.53. The van der Waals surface area contributed by atoms with Crippen LogP contribution in [0.15, 0.2) is 0 Å². The summed E-state index contributed by atoms with van der Waals surface area (Å²) in [5.41, 5.74) is 0.0658. The Morgan fingerprint density at radius 2 is 1.94 bits per heavy atom. The van der Waals surface area contributed by atoms with Crippen LogP contribution in [0.5, 0.6) is 0 Å². The number of hydrogen-bond acceptors (Lipinski definition) is 3. The Bertz CT molecular complexity index is 470. The lowest BCUT2D eigenvalue weighted by atomic mass is 9.91. The molecule has 18 heavy (non-hydrogen) atoms. The van der Waals surface area contributed by atoms with Gasteiger partial charge in [0.2, 0.25) is 5.15 Å². The summed E-state index contributed by atoms with van der Waals surface area (Å²) in [6.07, 6.45) is 4.28. The van der Waals surface area contributed by atoms with Gasteiger partial charge in [-0.2, -0.15) is 5.10 Å². The molecule has 6 heteroatoms. The maximum absolute atomic E-state index is 11.2. The predicted molar refractivity (Wildman–Crippen MR) is 70.1 cm³/mol. The summed E-state index contributed by atoms with van der Waals surface area (Å²) in [6, 6.07) is 0.215. The van der Waals surface area contributed by atoms with Crippen molar-refractivity contribution in [1.82, 2.24) is 9.78 Å². The number of hydrogen-bond donors (Lipinski definition) is 0. The van der Waals surface area contributed by atoms with Crippen LogP contribution in [0.3, 0.4) is 0 Å². The van der Waals surface area contributed by atoms with Gasteiger partial charge in [0.1, 0.15) is 5.69 Å². The quantitative estimate of drug-likeness (QED) is 0.606. The molecular formula is C12H18ClN3O2. The first-order valence-corrected chi connectivity index (χ1v) is 6.63. The van der Waals surface area contributed by atoms with Crippen LogP contribution in [-0.2, 0) is 5.41 Å². The molecule has 1 aromatic rings. The van der Waals surface area contributed by atoms with Gasteiger partial charge in [-0.05, 0) is 12.8 Å². The highest BCUT2D eigenvalue weighted by Gasteiger charge is 2.36. The van der Waals surface area contributed by atoms with Crippen LogP contribution in [-0.4, -0.2) is 14.7 Å². The summed E-state index contributed by atoms with van der Waals surface area (Å²) in [5, 5.41) is 15.8. The Morgan fingerprint density at radius 3 is 2.33 bits per heavy atom. The maximum Gasteiger partial charge on any atom is 0.329 e. The topological polar surface area (TPSA) is 61.0 Å². The Labute approximate surface area is 111 Å². The molecule has 1 saturated carbocycles. The third kappa shape index (κ3) is 2.23. The zero-order valence-corrected chi connectivity index (χ0v) is 11.7. The fraction of sp³-hybridized carbons (Fsp3) is 0.750. The highest BCUT2D eigenvalue weighted by Crippen LogP contribution is 2.40. The minimum absolute atomic E-state index is 0.0314. The summed E-state index contributed by atoms with van der Waals surface area (Å²) in [6.45, 7) is 5.74. The summed E-state index contributed by atoms with van der Waals surface area (Å²) in [7, 11) is 0. The smallest absolute Gasteiger partial charge is 0.258 e. The van der Waals surface area contributed by atoms with Crippen molar-refractivity contribution in [2.45, 2.75) is 57.9 Å². The van der Waals surface area contributed by atoms with Crippen LogP contribution >= 0.6 is 11.6 Å². The van der Waals surface area contributed by atoms with Crippen molar-refractivity contribution in [3.05, 3.63) is 21.0 Å². The average Bonchev–Trinajstić information content (AvgIpc) is 2.81. The van der Waals surface area contributed by atoms with Crippen molar-refractivity contribution in [2.75, 3.05) is 0 Å². The minimum atomic E-state index is -0.415. The number of nitrogens with zero attached hydrogens (tertiary/aromatic N) is 3. The van der Waals surface area contributed by atoms with Crippen molar-refractivity contribution in [1.29, 1.82) is 0 Å². The lowest BCUT2D eigenvalue weighted by Crippen LogP contribution is -2.15. The average molecular weight is 272 g/mol. The monoisotopic (exact) mass is 271 g/mol. The fourth-order valence-electron chi connectivity index (χ4n) is 2.46. The van der Waals surface area contributed by atoms with Crippen molar-refractivity contribution < 1.29 is 4.92 Å². The highest BCUT2D eigenvalue weighted by atomic mass is 35.5. The molecule has 0 aromatic carbocycles. The molecular weight excluding hydrogens is 254 g/mol. The maximum atomic E-state index is 11.2. The zero-order valence-electron chi connectivity index (χ0n) is 10.9. The zero-order chi connectivity index (χ0) is 13.5. The van der Waals surface area contributed by atoms with Gasteiger partial charge in [-0.15, -0.1) is 0 Å². The Kier molecular flexibility index (Phi) is 3.36. The lowest BCUT2D eigenvalue weighted by Gasteiger charge is -2.14. The van der Waals surface area contributed by atoms with E-state index in [2.05, 4.69) is 5.10 Å². The van der Waals surface area contributed by atoms with E-state index in [0.29, 0.717) is 5.69 Å². The van der Waals surface area contributed by atoms with E-state index < -0.39 is 4.92 Å². The van der Waals surface area contributed by atoms with Crippen LogP contribution in [0.4, 0.5) is 5.69 Å². The summed E-state index contributed by atoms with van der Waals surface area (Å²) >= 11 is 6.17. The standard InChI is InChI=1S/C12H18ClN3O2/c1-12(2,3)10-9(16(17)18)11(13)15(14-10)8-6-4-5-7-8/h8H,4-7H2,1-3H3. The van der Waals surface area contributed by atoms with Crippen molar-refractivity contribution >= 4 is 17.3 Å². The molecule has 0 N–H and O–H groups in total. The van der Waals surface area contributed by atoms with Crippen LogP contribution in [0.1, 0.15) is 58.2 Å². The molecule has 2 rings (SSSR count). The van der Waals surface area contributed by atoms with E-state index in [9.17, 15) is 10.1 Å². The molecule has 1 aliphatic rings. The van der Waals surface area contributed by atoms with Crippen LogP contribution < -0.4 is 0 Å². The number of halogens is 1. The van der Waals surface area contributed by atoms with Gasteiger partial charge < -0.3 is 0 Å². The summed E-state index contributed by atoms with van der Waals surface area (Å²) in [5.74, 6) is 0. The van der Waals surface area contributed by atoms with Gasteiger partial charge in [-0.25, -0.2) is 4.68 Å². The summed E-state index contributed by atoms with van der Waals surface area (Å²) in [4.78, 5) is 10.8. The third-order valence-corrected chi connectivity index (χ3v) is 3.74. The molecule has 0 spiro atoms. The Morgan fingerprint density at radius 1 is 1.39 bits per heavy atom. The second-order valence-corrected chi connectivity index (χ2v) is 6.24. The van der Waals surface area contributed by atoms with Crippen LogP contribution in [0.25, 0.3) is 0 Å². The molecule has 5 nitrogen and oxygen atoms in total. The van der Waals surface area contributed by atoms with Gasteiger partial charge >= 0.3 is 5.69 Å². The van der Waals surface area contributed by atoms with E-state index >= 15 is 0 Å². The van der Waals surface area contributed by atoms with Gasteiger partial charge in [0.05, 0.1) is 11.0 Å². The third-order valence-electron chi connectivity index (χ3n) is 3.39. The number of aromatic nitrogens is 2. The second kappa shape index (κ2) is 4.53. The van der Waals surface area contributed by atoms with Crippen LogP contribution in [0, 0.1) is 10.1 Å². The largest absolute Gasteiger partial charge is 0.329 e. The highest BCUT2D eigenvalue weighted by molar-refractivity contribution is 6.31. The van der Waals surface area contributed by atoms with Crippen molar-refractivity contribution in [3.8, 4) is 0 Å². The minimum Gasteiger partial charge on any atom is -0.258 e. The lowest BCUT2D eigenvalue weighted by molar-refractivity contribution is -0.385. The SMILES string of the molecule is CC(C)(C)c1nn(C2CCCC2)c(Cl)c1[N+](=O)[O-]. The van der Waals surface area contributed by atoms with E-state index in [0.717, 1.165) is 25.7 Å². The number of rotatable bonds is 2. The predicted octanol–water partition coefficient (Wildman–Crippen LogP) is 3.86. The molecule has 1 aromatic heterocycles. The first-order valence-electron chi connectivity index (χ1n) is 6.25. The summed E-state index contributed by atoms with van der Waals surface area (Å²) < 4.78 is 1.66. The Hall–Kier alpha value is -1.10. The fourth-order valence-corrected chi connectivity index (χ4v) is 2.80. The molecule has 0 unspecified atom stereocenters. The van der Waals surface area contributed by atoms with Gasteiger partial charge in [-0.1, -0.05) is 45.2 Å². The first-order chi connectivity index (χ1) is 8.32. The molecule has 1 aliphatic carbocycles. The molecule has 0 bridgehead atoms. The molecule has 0 saturated heterocycles.